The third-order valence-corrected chi connectivity index (χ3v) is 0.591. The van der Waals surface area contributed by atoms with Crippen LogP contribution in [0.2, 0.25) is 0 Å². The zero-order valence-electron chi connectivity index (χ0n) is 4.55. The minimum atomic E-state index is 0. The Labute approximate surface area is 62.0 Å². The lowest BCUT2D eigenvalue weighted by molar-refractivity contribution is 0.956. The molecule has 0 saturated carbocycles. The molecule has 0 saturated heterocycles. The first kappa shape index (κ1) is 10.3. The molecule has 1 nitrogen and oxygen atoms in total. The first-order valence-corrected chi connectivity index (χ1v) is 2.28. The Morgan fingerprint density at radius 2 is 2.14 bits per heavy atom. The van der Waals surface area contributed by atoms with Crippen LogP contribution in [-0.4, -0.2) is 0 Å². The fourth-order valence-electron chi connectivity index (χ4n) is 0.263. The fourth-order valence-corrected chi connectivity index (χ4v) is 0.263. The van der Waals surface area contributed by atoms with Crippen LogP contribution >= 0.6 is 24.0 Å². The van der Waals surface area contributed by atoms with E-state index in [1.54, 1.807) is 6.20 Å². The molecule has 44 valence electrons. The molecule has 0 amide bonds. The number of hydrogen-bond acceptors (Lipinski definition) is 1. The van der Waals surface area contributed by atoms with Gasteiger partial charge in [-0.15, -0.1) is 24.0 Å². The SMILES string of the molecule is CCCC=CN.I. The summed E-state index contributed by atoms with van der Waals surface area (Å²) in [6.45, 7) is 2.12. The molecule has 0 aromatic rings. The van der Waals surface area contributed by atoms with E-state index >= 15 is 0 Å². The molecule has 0 aliphatic carbocycles. The summed E-state index contributed by atoms with van der Waals surface area (Å²) >= 11 is 0. The van der Waals surface area contributed by atoms with E-state index < -0.39 is 0 Å². The minimum absolute atomic E-state index is 0. The molecule has 0 unspecified atom stereocenters. The van der Waals surface area contributed by atoms with E-state index in [4.69, 9.17) is 5.73 Å². The first-order chi connectivity index (χ1) is 2.91. The monoisotopic (exact) mass is 213 g/mol. The standard InChI is InChI=1S/C5H11N.HI/c1-2-3-4-5-6;/h4-5H,2-3,6H2,1H3;1H. The summed E-state index contributed by atoms with van der Waals surface area (Å²) in [6, 6.07) is 0. The number of nitrogens with two attached hydrogens (primary N) is 1. The molecular weight excluding hydrogens is 201 g/mol. The molecule has 0 bridgehead atoms. The van der Waals surface area contributed by atoms with Crippen molar-refractivity contribution < 1.29 is 0 Å². The van der Waals surface area contributed by atoms with Crippen molar-refractivity contribution in [1.82, 2.24) is 0 Å². The molecule has 0 heterocycles. The number of allylic oxidation sites excluding steroid dienone is 1. The van der Waals surface area contributed by atoms with Gasteiger partial charge in [0.1, 0.15) is 0 Å². The van der Waals surface area contributed by atoms with Gasteiger partial charge in [-0.1, -0.05) is 19.4 Å². The van der Waals surface area contributed by atoms with Crippen LogP contribution in [0.5, 0.6) is 0 Å². The predicted octanol–water partition coefficient (Wildman–Crippen LogP) is 1.88. The van der Waals surface area contributed by atoms with Crippen LogP contribution < -0.4 is 5.73 Å². The molecule has 0 aliphatic rings. The van der Waals surface area contributed by atoms with Gasteiger partial charge in [-0.3, -0.25) is 0 Å². The van der Waals surface area contributed by atoms with Gasteiger partial charge in [0.2, 0.25) is 0 Å². The number of unbranched alkanes of at least 4 members (excludes halogenated alkanes) is 1. The predicted molar refractivity (Wildman–Crippen MR) is 43.7 cm³/mol. The summed E-state index contributed by atoms with van der Waals surface area (Å²) in [5.41, 5.74) is 5.03. The van der Waals surface area contributed by atoms with Crippen molar-refractivity contribution in [2.24, 2.45) is 5.73 Å². The number of halogens is 1. The summed E-state index contributed by atoms with van der Waals surface area (Å²) in [4.78, 5) is 0. The van der Waals surface area contributed by atoms with Gasteiger partial charge in [-0.25, -0.2) is 0 Å². The molecule has 2 heteroatoms. The van der Waals surface area contributed by atoms with Gasteiger partial charge in [0, 0.05) is 0 Å². The molecule has 0 fully saturated rings. The Morgan fingerprint density at radius 1 is 1.57 bits per heavy atom. The number of rotatable bonds is 2. The van der Waals surface area contributed by atoms with Gasteiger partial charge >= 0.3 is 0 Å². The van der Waals surface area contributed by atoms with E-state index in [9.17, 15) is 0 Å². The molecule has 0 spiro atoms. The lowest BCUT2D eigenvalue weighted by Gasteiger charge is -1.76. The highest BCUT2D eigenvalue weighted by molar-refractivity contribution is 14.0. The molecule has 0 atom stereocenters. The van der Waals surface area contributed by atoms with Crippen LogP contribution in [0.1, 0.15) is 19.8 Å². The zero-order valence-corrected chi connectivity index (χ0v) is 6.88. The van der Waals surface area contributed by atoms with Crippen molar-refractivity contribution in [2.45, 2.75) is 19.8 Å². The fraction of sp³-hybridized carbons (Fsp3) is 0.600. The molecule has 0 aliphatic heterocycles. The Hall–Kier alpha value is 0.270. The van der Waals surface area contributed by atoms with Crippen molar-refractivity contribution in [2.75, 3.05) is 0 Å². The molecule has 2 N–H and O–H groups in total. The van der Waals surface area contributed by atoms with Crippen molar-refractivity contribution in [3.05, 3.63) is 12.3 Å². The average molecular weight is 213 g/mol. The van der Waals surface area contributed by atoms with Crippen molar-refractivity contribution in [1.29, 1.82) is 0 Å². The zero-order chi connectivity index (χ0) is 4.83. The lowest BCUT2D eigenvalue weighted by Crippen LogP contribution is -1.73. The van der Waals surface area contributed by atoms with Gasteiger partial charge in [-0.2, -0.15) is 0 Å². The smallest absolute Gasteiger partial charge is 0.0103 e. The van der Waals surface area contributed by atoms with Crippen LogP contribution in [0.25, 0.3) is 0 Å². The number of hydrogen-bond donors (Lipinski definition) is 1. The third-order valence-electron chi connectivity index (χ3n) is 0.591. The molecule has 0 aromatic carbocycles. The second kappa shape index (κ2) is 9.55. The van der Waals surface area contributed by atoms with Crippen LogP contribution in [0.15, 0.2) is 12.3 Å². The van der Waals surface area contributed by atoms with Crippen molar-refractivity contribution >= 4 is 24.0 Å². The van der Waals surface area contributed by atoms with E-state index in [0.29, 0.717) is 0 Å². The summed E-state index contributed by atoms with van der Waals surface area (Å²) in [6.07, 6.45) is 5.84. The summed E-state index contributed by atoms with van der Waals surface area (Å²) in [7, 11) is 0. The van der Waals surface area contributed by atoms with Gasteiger partial charge < -0.3 is 5.73 Å². The van der Waals surface area contributed by atoms with E-state index in [0.717, 1.165) is 6.42 Å². The van der Waals surface area contributed by atoms with E-state index in [1.165, 1.54) is 6.42 Å². The third kappa shape index (κ3) is 10.7. The highest BCUT2D eigenvalue weighted by Crippen LogP contribution is 1.83. The van der Waals surface area contributed by atoms with E-state index in [2.05, 4.69) is 6.92 Å². The lowest BCUT2D eigenvalue weighted by atomic mass is 10.3. The second-order valence-corrected chi connectivity index (χ2v) is 1.22. The second-order valence-electron chi connectivity index (χ2n) is 1.22. The van der Waals surface area contributed by atoms with Gasteiger partial charge in [0.05, 0.1) is 0 Å². The van der Waals surface area contributed by atoms with Crippen molar-refractivity contribution in [3.8, 4) is 0 Å². The maximum Gasteiger partial charge on any atom is -0.0103 e. The molecule has 0 rings (SSSR count). The quantitative estimate of drug-likeness (QED) is 0.696. The van der Waals surface area contributed by atoms with Crippen LogP contribution in [0.3, 0.4) is 0 Å². The van der Waals surface area contributed by atoms with Crippen LogP contribution in [-0.2, 0) is 0 Å². The van der Waals surface area contributed by atoms with E-state index in [-0.39, 0.29) is 24.0 Å². The van der Waals surface area contributed by atoms with E-state index in [1.807, 2.05) is 6.08 Å². The van der Waals surface area contributed by atoms with Gasteiger partial charge in [0.15, 0.2) is 0 Å². The maximum atomic E-state index is 5.03. The van der Waals surface area contributed by atoms with Crippen LogP contribution in [0.4, 0.5) is 0 Å². The first-order valence-electron chi connectivity index (χ1n) is 2.28. The summed E-state index contributed by atoms with van der Waals surface area (Å²) < 4.78 is 0. The Morgan fingerprint density at radius 3 is 2.29 bits per heavy atom. The molecule has 0 aromatic heterocycles. The molecule has 0 radical (unpaired) electrons. The van der Waals surface area contributed by atoms with Gasteiger partial charge in [-0.05, 0) is 12.6 Å². The summed E-state index contributed by atoms with van der Waals surface area (Å²) in [5, 5.41) is 0. The summed E-state index contributed by atoms with van der Waals surface area (Å²) in [5.74, 6) is 0. The molecular formula is C5H12IN. The van der Waals surface area contributed by atoms with Crippen LogP contribution in [0, 0.1) is 0 Å². The van der Waals surface area contributed by atoms with Crippen molar-refractivity contribution in [3.63, 3.8) is 0 Å². The minimum Gasteiger partial charge on any atom is -0.405 e. The largest absolute Gasteiger partial charge is 0.405 e. The normalized spacial score (nSPS) is 8.71. The Bertz CT molecular complexity index is 43.3. The molecule has 7 heavy (non-hydrogen) atoms. The van der Waals surface area contributed by atoms with Gasteiger partial charge in [0.25, 0.3) is 0 Å². The highest BCUT2D eigenvalue weighted by atomic mass is 127. The highest BCUT2D eigenvalue weighted by Gasteiger charge is 1.65. The maximum absolute atomic E-state index is 5.03. The topological polar surface area (TPSA) is 26.0 Å². The Kier molecular flexibility index (Phi) is 14.0. The Balaban J connectivity index is 0. The average Bonchev–Trinajstić information content (AvgIpc) is 1.61.